The molecule has 0 aliphatic carbocycles. The van der Waals surface area contributed by atoms with Gasteiger partial charge in [0.25, 0.3) is 0 Å². The molecule has 0 atom stereocenters. The van der Waals surface area contributed by atoms with Crippen LogP contribution in [0.25, 0.3) is 22.5 Å². The topological polar surface area (TPSA) is 129 Å². The van der Waals surface area contributed by atoms with Crippen molar-refractivity contribution in [2.24, 2.45) is 0 Å². The number of nitrogens with one attached hydrogen (secondary N) is 1. The second-order valence-electron chi connectivity index (χ2n) is 4.26. The van der Waals surface area contributed by atoms with Crippen LogP contribution in [0.2, 0.25) is 0 Å². The van der Waals surface area contributed by atoms with Crippen LogP contribution < -0.4 is 16.2 Å². The fourth-order valence-electron chi connectivity index (χ4n) is 1.98. The summed E-state index contributed by atoms with van der Waals surface area (Å²) in [6, 6.07) is 3.53. The number of methoxy groups -OCH3 is 1. The van der Waals surface area contributed by atoms with Gasteiger partial charge in [-0.2, -0.15) is 5.10 Å². The summed E-state index contributed by atoms with van der Waals surface area (Å²) in [6.45, 7) is 0. The van der Waals surface area contributed by atoms with Gasteiger partial charge in [0.15, 0.2) is 11.6 Å². The van der Waals surface area contributed by atoms with Crippen LogP contribution >= 0.6 is 0 Å². The molecule has 5 N–H and O–H groups in total. The molecule has 8 nitrogen and oxygen atoms in total. The van der Waals surface area contributed by atoms with Gasteiger partial charge in [0.05, 0.1) is 12.8 Å². The van der Waals surface area contributed by atoms with E-state index in [-0.39, 0.29) is 5.95 Å². The van der Waals surface area contributed by atoms with Crippen molar-refractivity contribution >= 4 is 11.8 Å². The molecule has 8 heteroatoms. The van der Waals surface area contributed by atoms with Crippen LogP contribution in [0.15, 0.2) is 30.7 Å². The molecule has 0 bridgehead atoms. The quantitative estimate of drug-likeness (QED) is 0.656. The highest BCUT2D eigenvalue weighted by Crippen LogP contribution is 2.31. The van der Waals surface area contributed by atoms with E-state index in [1.165, 1.54) is 7.11 Å². The maximum atomic E-state index is 5.72. The van der Waals surface area contributed by atoms with E-state index >= 15 is 0 Å². The van der Waals surface area contributed by atoms with E-state index < -0.39 is 0 Å². The molecule has 0 radical (unpaired) electrons. The van der Waals surface area contributed by atoms with E-state index in [0.29, 0.717) is 23.0 Å². The van der Waals surface area contributed by atoms with Gasteiger partial charge in [0, 0.05) is 29.7 Å². The standard InChI is InChI=1S/C13H13N7O/c1-21-10-4-7(5-17-12(10)14)11-8(6-18-20-11)9-2-3-16-13(15)19-9/h2-6H,1H3,(H2,14,17)(H,18,20)(H2,15,16,19). The Kier molecular flexibility index (Phi) is 3.11. The zero-order valence-corrected chi connectivity index (χ0v) is 11.2. The number of hydrogen-bond donors (Lipinski definition) is 3. The Morgan fingerprint density at radius 2 is 2.10 bits per heavy atom. The summed E-state index contributed by atoms with van der Waals surface area (Å²) in [6.07, 6.45) is 4.96. The van der Waals surface area contributed by atoms with Crippen LogP contribution in [0.1, 0.15) is 0 Å². The normalized spacial score (nSPS) is 10.5. The molecule has 106 valence electrons. The van der Waals surface area contributed by atoms with Gasteiger partial charge in [0.1, 0.15) is 5.69 Å². The Bertz CT molecular complexity index is 784. The number of aromatic nitrogens is 5. The molecular formula is C13H13N7O. The highest BCUT2D eigenvalue weighted by Gasteiger charge is 2.14. The maximum Gasteiger partial charge on any atom is 0.220 e. The fraction of sp³-hybridized carbons (Fsp3) is 0.0769. The molecule has 0 unspecified atom stereocenters. The van der Waals surface area contributed by atoms with Crippen molar-refractivity contribution in [1.82, 2.24) is 25.1 Å². The van der Waals surface area contributed by atoms with Gasteiger partial charge in [0.2, 0.25) is 5.95 Å². The molecular weight excluding hydrogens is 270 g/mol. The number of nitrogens with zero attached hydrogens (tertiary/aromatic N) is 4. The minimum absolute atomic E-state index is 0.202. The number of ether oxygens (including phenoxy) is 1. The lowest BCUT2D eigenvalue weighted by atomic mass is 10.1. The summed E-state index contributed by atoms with van der Waals surface area (Å²) in [4.78, 5) is 12.2. The zero-order valence-electron chi connectivity index (χ0n) is 11.2. The average Bonchev–Trinajstić information content (AvgIpc) is 2.97. The summed E-state index contributed by atoms with van der Waals surface area (Å²) in [5.74, 6) is 1.01. The van der Waals surface area contributed by atoms with Gasteiger partial charge >= 0.3 is 0 Å². The SMILES string of the molecule is COc1cc(-c2n[nH]cc2-c2ccnc(N)n2)cnc1N. The summed E-state index contributed by atoms with van der Waals surface area (Å²) >= 11 is 0. The van der Waals surface area contributed by atoms with Crippen molar-refractivity contribution in [1.29, 1.82) is 0 Å². The number of nitrogens with two attached hydrogens (primary N) is 2. The Hall–Kier alpha value is -3.16. The Morgan fingerprint density at radius 1 is 1.24 bits per heavy atom. The number of pyridine rings is 1. The second kappa shape index (κ2) is 5.08. The second-order valence-corrected chi connectivity index (χ2v) is 4.26. The van der Waals surface area contributed by atoms with E-state index in [1.54, 1.807) is 30.7 Å². The first-order valence-electron chi connectivity index (χ1n) is 6.11. The largest absolute Gasteiger partial charge is 0.493 e. The predicted octanol–water partition coefficient (Wildman–Crippen LogP) is 1.10. The van der Waals surface area contributed by atoms with Crippen molar-refractivity contribution in [3.8, 4) is 28.3 Å². The molecule has 3 heterocycles. The van der Waals surface area contributed by atoms with Crippen LogP contribution in [0.3, 0.4) is 0 Å². The minimum Gasteiger partial charge on any atom is -0.493 e. The molecule has 0 aromatic carbocycles. The van der Waals surface area contributed by atoms with Gasteiger partial charge in [-0.1, -0.05) is 0 Å². The van der Waals surface area contributed by atoms with Crippen LogP contribution in [0.4, 0.5) is 11.8 Å². The van der Waals surface area contributed by atoms with Gasteiger partial charge in [-0.25, -0.2) is 15.0 Å². The monoisotopic (exact) mass is 283 g/mol. The van der Waals surface area contributed by atoms with Gasteiger partial charge in [-0.05, 0) is 12.1 Å². The van der Waals surface area contributed by atoms with Crippen LogP contribution in [-0.2, 0) is 0 Å². The molecule has 0 amide bonds. The smallest absolute Gasteiger partial charge is 0.220 e. The first-order valence-corrected chi connectivity index (χ1v) is 6.11. The lowest BCUT2D eigenvalue weighted by Gasteiger charge is -2.06. The molecule has 3 aromatic rings. The van der Waals surface area contributed by atoms with E-state index in [2.05, 4.69) is 25.1 Å². The van der Waals surface area contributed by atoms with E-state index in [9.17, 15) is 0 Å². The number of anilines is 2. The van der Waals surface area contributed by atoms with Crippen molar-refractivity contribution in [2.75, 3.05) is 18.6 Å². The molecule has 0 saturated heterocycles. The third kappa shape index (κ3) is 2.34. The molecule has 0 fully saturated rings. The molecule has 0 spiro atoms. The van der Waals surface area contributed by atoms with Crippen molar-refractivity contribution in [3.63, 3.8) is 0 Å². The third-order valence-corrected chi connectivity index (χ3v) is 2.97. The molecule has 3 aromatic heterocycles. The van der Waals surface area contributed by atoms with Gasteiger partial charge in [-0.3, -0.25) is 5.10 Å². The lowest BCUT2D eigenvalue weighted by Crippen LogP contribution is -1.97. The van der Waals surface area contributed by atoms with Crippen LogP contribution in [0.5, 0.6) is 5.75 Å². The van der Waals surface area contributed by atoms with Gasteiger partial charge in [-0.15, -0.1) is 0 Å². The van der Waals surface area contributed by atoms with E-state index in [1.807, 2.05) is 0 Å². The first kappa shape index (κ1) is 12.9. The van der Waals surface area contributed by atoms with E-state index in [4.69, 9.17) is 16.2 Å². The number of nitrogen functional groups attached to an aromatic ring is 2. The molecule has 0 aliphatic heterocycles. The maximum absolute atomic E-state index is 5.72. The predicted molar refractivity (Wildman–Crippen MR) is 78.2 cm³/mol. The molecule has 0 aliphatic rings. The number of aromatic amines is 1. The number of H-pyrrole nitrogens is 1. The third-order valence-electron chi connectivity index (χ3n) is 2.97. The van der Waals surface area contributed by atoms with Crippen molar-refractivity contribution < 1.29 is 4.74 Å². The number of rotatable bonds is 3. The summed E-state index contributed by atoms with van der Waals surface area (Å²) in [5, 5.41) is 7.05. The van der Waals surface area contributed by atoms with Crippen molar-refractivity contribution in [2.45, 2.75) is 0 Å². The van der Waals surface area contributed by atoms with Crippen molar-refractivity contribution in [3.05, 3.63) is 30.7 Å². The lowest BCUT2D eigenvalue weighted by molar-refractivity contribution is 0.415. The molecule has 3 rings (SSSR count). The summed E-state index contributed by atoms with van der Waals surface area (Å²) in [5.41, 5.74) is 14.2. The average molecular weight is 283 g/mol. The van der Waals surface area contributed by atoms with Crippen LogP contribution in [-0.4, -0.2) is 32.3 Å². The Morgan fingerprint density at radius 3 is 2.86 bits per heavy atom. The van der Waals surface area contributed by atoms with E-state index in [0.717, 1.165) is 11.1 Å². The summed E-state index contributed by atoms with van der Waals surface area (Å²) < 4.78 is 5.18. The Balaban J connectivity index is 2.11. The minimum atomic E-state index is 0.202. The highest BCUT2D eigenvalue weighted by molar-refractivity contribution is 5.79. The zero-order chi connectivity index (χ0) is 14.8. The fourth-order valence-corrected chi connectivity index (χ4v) is 1.98. The van der Waals surface area contributed by atoms with Crippen LogP contribution in [0, 0.1) is 0 Å². The molecule has 0 saturated carbocycles. The molecule has 21 heavy (non-hydrogen) atoms. The summed E-state index contributed by atoms with van der Waals surface area (Å²) in [7, 11) is 1.54. The number of hydrogen-bond acceptors (Lipinski definition) is 7. The van der Waals surface area contributed by atoms with Gasteiger partial charge < -0.3 is 16.2 Å². The first-order chi connectivity index (χ1) is 10.2. The highest BCUT2D eigenvalue weighted by atomic mass is 16.5. The Labute approximate surface area is 120 Å².